The lowest BCUT2D eigenvalue weighted by Gasteiger charge is -2.37. The number of carbonyl (C=O) groups excluding carboxylic acids is 1. The normalized spacial score (nSPS) is 19.1. The van der Waals surface area contributed by atoms with Crippen molar-refractivity contribution in [2.45, 2.75) is 37.6 Å². The van der Waals surface area contributed by atoms with E-state index < -0.39 is 11.5 Å². The van der Waals surface area contributed by atoms with Gasteiger partial charge in [0.2, 0.25) is 12.9 Å². The average Bonchev–Trinajstić information content (AvgIpc) is 2.79. The van der Waals surface area contributed by atoms with Crippen LogP contribution in [0, 0.1) is 0 Å². The molecule has 1 heterocycles. The summed E-state index contributed by atoms with van der Waals surface area (Å²) in [6, 6.07) is 2.65. The standard InChI is InChI=1S/C14H13F2NO3/c1-13(15,16)9-5-10(12-11(6-9)19-8-20-12)14(17-7-18)3-2-4-14/h5-6H,2-4,8H2,1H3. The molecule has 0 amide bonds. The maximum Gasteiger partial charge on any atom is 0.270 e. The largest absolute Gasteiger partial charge is 0.454 e. The molecule has 0 radical (unpaired) electrons. The second-order valence-electron chi connectivity index (χ2n) is 5.23. The van der Waals surface area contributed by atoms with Gasteiger partial charge in [0.15, 0.2) is 11.5 Å². The first-order chi connectivity index (χ1) is 9.46. The summed E-state index contributed by atoms with van der Waals surface area (Å²) in [5, 5.41) is 0. The van der Waals surface area contributed by atoms with Crippen molar-refractivity contribution in [1.82, 2.24) is 0 Å². The Balaban J connectivity index is 2.19. The third-order valence-electron chi connectivity index (χ3n) is 3.92. The van der Waals surface area contributed by atoms with E-state index in [0.717, 1.165) is 13.3 Å². The summed E-state index contributed by atoms with van der Waals surface area (Å²) in [6.45, 7) is 0.812. The van der Waals surface area contributed by atoms with Crippen LogP contribution in [-0.4, -0.2) is 12.9 Å². The number of rotatable bonds is 3. The van der Waals surface area contributed by atoms with Gasteiger partial charge < -0.3 is 9.47 Å². The van der Waals surface area contributed by atoms with E-state index in [1.165, 1.54) is 12.1 Å². The molecule has 1 aromatic rings. The van der Waals surface area contributed by atoms with E-state index >= 15 is 0 Å². The molecule has 1 aliphatic carbocycles. The van der Waals surface area contributed by atoms with Gasteiger partial charge in [0, 0.05) is 18.1 Å². The number of nitrogens with zero attached hydrogens (tertiary/aromatic N) is 1. The lowest BCUT2D eigenvalue weighted by atomic mass is 9.71. The topological polar surface area (TPSA) is 47.9 Å². The fourth-order valence-corrected chi connectivity index (χ4v) is 2.65. The number of halogens is 2. The lowest BCUT2D eigenvalue weighted by Crippen LogP contribution is -2.32. The molecule has 3 rings (SSSR count). The van der Waals surface area contributed by atoms with Crippen molar-refractivity contribution in [3.63, 3.8) is 0 Å². The van der Waals surface area contributed by atoms with Crippen molar-refractivity contribution in [2.75, 3.05) is 6.79 Å². The highest BCUT2D eigenvalue weighted by Gasteiger charge is 2.44. The molecule has 1 saturated carbocycles. The summed E-state index contributed by atoms with van der Waals surface area (Å²) in [5.74, 6) is -2.30. The molecule has 106 valence electrons. The molecular formula is C14H13F2NO3. The Morgan fingerprint density at radius 2 is 2.10 bits per heavy atom. The monoisotopic (exact) mass is 281 g/mol. The minimum atomic E-state index is -2.99. The molecule has 20 heavy (non-hydrogen) atoms. The molecular weight excluding hydrogens is 268 g/mol. The first-order valence-electron chi connectivity index (χ1n) is 6.38. The summed E-state index contributed by atoms with van der Waals surface area (Å²) in [4.78, 5) is 14.5. The highest BCUT2D eigenvalue weighted by molar-refractivity contribution is 5.56. The predicted molar refractivity (Wildman–Crippen MR) is 65.8 cm³/mol. The van der Waals surface area contributed by atoms with Gasteiger partial charge in [-0.15, -0.1) is 0 Å². The van der Waals surface area contributed by atoms with Crippen LogP contribution in [0.3, 0.4) is 0 Å². The number of isocyanates is 1. The fraction of sp³-hybridized carbons (Fsp3) is 0.500. The molecule has 1 fully saturated rings. The molecule has 2 aliphatic rings. The van der Waals surface area contributed by atoms with Gasteiger partial charge in [-0.1, -0.05) is 0 Å². The van der Waals surface area contributed by atoms with E-state index in [4.69, 9.17) is 9.47 Å². The molecule has 0 saturated heterocycles. The molecule has 0 aromatic heterocycles. The van der Waals surface area contributed by atoms with Gasteiger partial charge in [-0.2, -0.15) is 4.99 Å². The van der Waals surface area contributed by atoms with Gasteiger partial charge in [0.05, 0.1) is 0 Å². The van der Waals surface area contributed by atoms with Gasteiger partial charge in [-0.05, 0) is 31.4 Å². The zero-order chi connectivity index (χ0) is 14.4. The van der Waals surface area contributed by atoms with E-state index in [2.05, 4.69) is 4.99 Å². The Labute approximate surface area is 114 Å². The van der Waals surface area contributed by atoms with E-state index in [1.54, 1.807) is 6.08 Å². The van der Waals surface area contributed by atoms with E-state index in [9.17, 15) is 13.6 Å². The molecule has 4 nitrogen and oxygen atoms in total. The van der Waals surface area contributed by atoms with Crippen molar-refractivity contribution in [1.29, 1.82) is 0 Å². The quantitative estimate of drug-likeness (QED) is 0.631. The molecule has 0 unspecified atom stereocenters. The molecule has 6 heteroatoms. The van der Waals surface area contributed by atoms with Crippen molar-refractivity contribution in [3.8, 4) is 11.5 Å². The molecule has 1 aromatic carbocycles. The zero-order valence-corrected chi connectivity index (χ0v) is 10.9. The van der Waals surface area contributed by atoms with Crippen LogP contribution >= 0.6 is 0 Å². The van der Waals surface area contributed by atoms with Gasteiger partial charge in [-0.3, -0.25) is 0 Å². The summed E-state index contributed by atoms with van der Waals surface area (Å²) < 4.78 is 37.8. The van der Waals surface area contributed by atoms with Crippen LogP contribution in [0.15, 0.2) is 17.1 Å². The average molecular weight is 281 g/mol. The third-order valence-corrected chi connectivity index (χ3v) is 3.92. The lowest BCUT2D eigenvalue weighted by molar-refractivity contribution is 0.0170. The van der Waals surface area contributed by atoms with Crippen LogP contribution in [-0.2, 0) is 16.3 Å². The number of alkyl halides is 2. The van der Waals surface area contributed by atoms with Gasteiger partial charge >= 0.3 is 0 Å². The Bertz CT molecular complexity index is 599. The smallest absolute Gasteiger partial charge is 0.270 e. The first-order valence-corrected chi connectivity index (χ1v) is 6.38. The van der Waals surface area contributed by atoms with E-state index in [1.807, 2.05) is 0 Å². The second-order valence-corrected chi connectivity index (χ2v) is 5.23. The maximum absolute atomic E-state index is 13.6. The Kier molecular flexibility index (Phi) is 2.80. The van der Waals surface area contributed by atoms with Gasteiger partial charge in [0.1, 0.15) is 5.54 Å². The van der Waals surface area contributed by atoms with E-state index in [0.29, 0.717) is 24.2 Å². The number of benzene rings is 1. The van der Waals surface area contributed by atoms with Gasteiger partial charge in [-0.25, -0.2) is 13.6 Å². The number of ether oxygens (including phenoxy) is 2. The number of hydrogen-bond donors (Lipinski definition) is 0. The summed E-state index contributed by atoms with van der Waals surface area (Å²) in [6.07, 6.45) is 3.68. The van der Waals surface area contributed by atoms with Crippen molar-refractivity contribution < 1.29 is 23.0 Å². The number of aliphatic imine (C=N–C) groups is 1. The van der Waals surface area contributed by atoms with Crippen molar-refractivity contribution in [3.05, 3.63) is 23.3 Å². The molecule has 0 N–H and O–H groups in total. The number of fused-ring (bicyclic) bond motifs is 1. The van der Waals surface area contributed by atoms with Crippen molar-refractivity contribution >= 4 is 6.08 Å². The maximum atomic E-state index is 13.6. The van der Waals surface area contributed by atoms with Crippen LogP contribution in [0.1, 0.15) is 37.3 Å². The number of hydrogen-bond acceptors (Lipinski definition) is 4. The van der Waals surface area contributed by atoms with Crippen molar-refractivity contribution in [2.24, 2.45) is 4.99 Å². The van der Waals surface area contributed by atoms with Crippen LogP contribution in [0.5, 0.6) is 11.5 Å². The summed E-state index contributed by atoms with van der Waals surface area (Å²) >= 11 is 0. The Hall–Kier alpha value is -1.94. The van der Waals surface area contributed by atoms with Gasteiger partial charge in [0.25, 0.3) is 5.92 Å². The minimum absolute atomic E-state index is 0.0119. The van der Waals surface area contributed by atoms with Crippen LogP contribution in [0.4, 0.5) is 8.78 Å². The molecule has 0 spiro atoms. The Morgan fingerprint density at radius 1 is 1.35 bits per heavy atom. The van der Waals surface area contributed by atoms with Crippen LogP contribution < -0.4 is 9.47 Å². The summed E-state index contributed by atoms with van der Waals surface area (Å²) in [7, 11) is 0. The molecule has 0 bridgehead atoms. The highest BCUT2D eigenvalue weighted by Crippen LogP contribution is 2.53. The summed E-state index contributed by atoms with van der Waals surface area (Å²) in [5.41, 5.74) is -0.455. The van der Waals surface area contributed by atoms with Crippen LogP contribution in [0.25, 0.3) is 0 Å². The van der Waals surface area contributed by atoms with E-state index in [-0.39, 0.29) is 18.1 Å². The fourth-order valence-electron chi connectivity index (χ4n) is 2.65. The van der Waals surface area contributed by atoms with Crippen LogP contribution in [0.2, 0.25) is 0 Å². The predicted octanol–water partition coefficient (Wildman–Crippen LogP) is 3.24. The zero-order valence-electron chi connectivity index (χ0n) is 10.9. The molecule has 0 atom stereocenters. The first kappa shape index (κ1) is 13.1. The second kappa shape index (κ2) is 4.28. The SMILES string of the molecule is CC(F)(F)c1cc2c(c(C3(N=C=O)CCC3)c1)OCO2. The third kappa shape index (κ3) is 1.88. The molecule has 1 aliphatic heterocycles. The minimum Gasteiger partial charge on any atom is -0.454 e. The Morgan fingerprint density at radius 3 is 2.65 bits per heavy atom. The highest BCUT2D eigenvalue weighted by atomic mass is 19.3.